The molecule has 1 saturated heterocycles. The predicted octanol–water partition coefficient (Wildman–Crippen LogP) is 5.43. The molecule has 1 aliphatic heterocycles. The third kappa shape index (κ3) is 3.64. The molecule has 0 bridgehead atoms. The maximum atomic E-state index is 14.0. The largest absolute Gasteiger partial charge is 0.385 e. The number of fused-ring (bicyclic) bond motifs is 2. The smallest absolute Gasteiger partial charge is 0.290 e. The highest BCUT2D eigenvalue weighted by atomic mass is 19.1. The molecular weight excluding hydrogens is 441 g/mol. The van der Waals surface area contributed by atoms with Crippen molar-refractivity contribution >= 4 is 11.4 Å². The van der Waals surface area contributed by atoms with E-state index >= 15 is 0 Å². The maximum absolute atomic E-state index is 14.0. The molecule has 3 atom stereocenters. The molecule has 35 heavy (non-hydrogen) atoms. The van der Waals surface area contributed by atoms with Gasteiger partial charge in [-0.1, -0.05) is 49.2 Å². The summed E-state index contributed by atoms with van der Waals surface area (Å²) in [5.41, 5.74) is 2.24. The first-order valence-electron chi connectivity index (χ1n) is 12.4. The van der Waals surface area contributed by atoms with Crippen LogP contribution < -0.4 is 0 Å². The summed E-state index contributed by atoms with van der Waals surface area (Å²) in [6.07, 6.45) is 6.21. The number of likely N-dealkylation sites (tertiary alicyclic amines) is 1. The van der Waals surface area contributed by atoms with Gasteiger partial charge in [-0.05, 0) is 61.2 Å². The first-order valence-corrected chi connectivity index (χ1v) is 12.4. The van der Waals surface area contributed by atoms with Gasteiger partial charge in [-0.15, -0.1) is 0 Å². The Morgan fingerprint density at radius 2 is 1.71 bits per heavy atom. The minimum absolute atomic E-state index is 0.0147. The van der Waals surface area contributed by atoms with E-state index in [2.05, 4.69) is 0 Å². The van der Waals surface area contributed by atoms with Gasteiger partial charge in [0.1, 0.15) is 5.82 Å². The highest BCUT2D eigenvalue weighted by molar-refractivity contribution is 5.95. The zero-order chi connectivity index (χ0) is 24.0. The fraction of sp³-hybridized carbons (Fsp3) is 0.310. The molecule has 1 N–H and O–H groups in total. The van der Waals surface area contributed by atoms with Gasteiger partial charge < -0.3 is 10.0 Å². The van der Waals surface area contributed by atoms with E-state index in [9.17, 15) is 14.3 Å². The summed E-state index contributed by atoms with van der Waals surface area (Å²) in [6, 6.07) is 21.8. The molecule has 5 nitrogen and oxygen atoms in total. The lowest BCUT2D eigenvalue weighted by Gasteiger charge is -2.52. The van der Waals surface area contributed by atoms with Crippen LogP contribution in [0.15, 0.2) is 79.0 Å². The van der Waals surface area contributed by atoms with Crippen LogP contribution in [0.3, 0.4) is 0 Å². The van der Waals surface area contributed by atoms with E-state index in [1.54, 1.807) is 12.1 Å². The van der Waals surface area contributed by atoms with E-state index in [4.69, 9.17) is 4.98 Å². The molecule has 6 rings (SSSR count). The third-order valence-electron chi connectivity index (χ3n) is 7.87. The number of pyridine rings is 1. The van der Waals surface area contributed by atoms with Crippen molar-refractivity contribution in [2.45, 2.75) is 43.7 Å². The molecule has 0 radical (unpaired) electrons. The number of rotatable bonds is 3. The number of carbonyl (C=O) groups excluding carboxylic acids is 1. The summed E-state index contributed by atoms with van der Waals surface area (Å²) >= 11 is 0. The fourth-order valence-corrected chi connectivity index (χ4v) is 6.16. The molecule has 0 spiro atoms. The van der Waals surface area contributed by atoms with Crippen LogP contribution in [0.5, 0.6) is 0 Å². The molecule has 178 valence electrons. The molecular formula is C29H28FN3O2. The van der Waals surface area contributed by atoms with Crippen LogP contribution >= 0.6 is 0 Å². The van der Waals surface area contributed by atoms with Gasteiger partial charge in [-0.25, -0.2) is 9.37 Å². The van der Waals surface area contributed by atoms with Crippen molar-refractivity contribution in [2.75, 3.05) is 6.54 Å². The van der Waals surface area contributed by atoms with Crippen LogP contribution in [0.4, 0.5) is 4.39 Å². The van der Waals surface area contributed by atoms with Crippen molar-refractivity contribution in [3.05, 3.63) is 96.2 Å². The van der Waals surface area contributed by atoms with Crippen molar-refractivity contribution in [1.29, 1.82) is 0 Å². The number of carbonyl (C=O) groups is 1. The lowest BCUT2D eigenvalue weighted by atomic mass is 9.66. The average molecular weight is 470 g/mol. The standard InChI is InChI=1S/C29H28FN3O2/c30-22-15-13-20(14-16-22)26-25-12-6-7-18-32(25)27(31-26)28(34)33-19-17-29(35,21-8-2-1-3-9-21)23-10-4-5-11-24(23)33/h1-3,6-9,12-16,18,23-24,35H,4-5,10-11,17,19H2/t23-,24+,29?/m1/s1. The zero-order valence-electron chi connectivity index (χ0n) is 19.5. The second-order valence-electron chi connectivity index (χ2n) is 9.74. The molecule has 2 aliphatic rings. The molecule has 2 fully saturated rings. The third-order valence-corrected chi connectivity index (χ3v) is 7.87. The number of imidazole rings is 1. The van der Waals surface area contributed by atoms with E-state index < -0.39 is 5.60 Å². The molecule has 6 heteroatoms. The van der Waals surface area contributed by atoms with Crippen molar-refractivity contribution in [2.24, 2.45) is 5.92 Å². The molecule has 4 aromatic rings. The van der Waals surface area contributed by atoms with Gasteiger partial charge in [0, 0.05) is 30.3 Å². The second-order valence-corrected chi connectivity index (χ2v) is 9.74. The second kappa shape index (κ2) is 8.61. The Balaban J connectivity index is 1.39. The van der Waals surface area contributed by atoms with Gasteiger partial charge in [-0.2, -0.15) is 0 Å². The number of halogens is 1. The van der Waals surface area contributed by atoms with Gasteiger partial charge in [0.25, 0.3) is 5.91 Å². The van der Waals surface area contributed by atoms with Crippen LogP contribution in [0.2, 0.25) is 0 Å². The van der Waals surface area contributed by atoms with Gasteiger partial charge in [-0.3, -0.25) is 9.20 Å². The van der Waals surface area contributed by atoms with Gasteiger partial charge in [0.2, 0.25) is 5.82 Å². The Kier molecular flexibility index (Phi) is 5.41. The Hall–Kier alpha value is -3.51. The molecule has 1 aliphatic carbocycles. The molecule has 2 aromatic carbocycles. The van der Waals surface area contributed by atoms with Crippen LogP contribution in [-0.2, 0) is 5.60 Å². The summed E-state index contributed by atoms with van der Waals surface area (Å²) in [7, 11) is 0. The number of hydrogen-bond donors (Lipinski definition) is 1. The van der Waals surface area contributed by atoms with E-state index in [1.807, 2.05) is 64.0 Å². The number of piperidine rings is 1. The zero-order valence-corrected chi connectivity index (χ0v) is 19.5. The van der Waals surface area contributed by atoms with Crippen LogP contribution in [-0.4, -0.2) is 37.9 Å². The van der Waals surface area contributed by atoms with E-state index in [1.165, 1.54) is 12.1 Å². The van der Waals surface area contributed by atoms with Gasteiger partial charge in [0.05, 0.1) is 16.8 Å². The first-order chi connectivity index (χ1) is 17.1. The normalized spacial score (nSPS) is 24.3. The van der Waals surface area contributed by atoms with Crippen LogP contribution in [0.25, 0.3) is 16.8 Å². The summed E-state index contributed by atoms with van der Waals surface area (Å²) in [5, 5.41) is 11.9. The maximum Gasteiger partial charge on any atom is 0.290 e. The van der Waals surface area contributed by atoms with Crippen molar-refractivity contribution in [3.63, 3.8) is 0 Å². The Labute approximate surface area is 203 Å². The predicted molar refractivity (Wildman–Crippen MR) is 132 cm³/mol. The van der Waals surface area contributed by atoms with Gasteiger partial charge in [0.15, 0.2) is 0 Å². The topological polar surface area (TPSA) is 57.8 Å². The quantitative estimate of drug-likeness (QED) is 0.435. The van der Waals surface area contributed by atoms with Gasteiger partial charge >= 0.3 is 0 Å². The average Bonchev–Trinajstić information content (AvgIpc) is 3.29. The Bertz CT molecular complexity index is 1370. The summed E-state index contributed by atoms with van der Waals surface area (Å²) in [4.78, 5) is 20.7. The molecule has 1 unspecified atom stereocenters. The number of aromatic nitrogens is 2. The van der Waals surface area contributed by atoms with Crippen LogP contribution in [0, 0.1) is 11.7 Å². The first kappa shape index (κ1) is 22.0. The molecule has 1 saturated carbocycles. The fourth-order valence-electron chi connectivity index (χ4n) is 6.16. The molecule has 1 amide bonds. The van der Waals surface area contributed by atoms with Crippen LogP contribution in [0.1, 0.15) is 48.3 Å². The number of nitrogens with zero attached hydrogens (tertiary/aromatic N) is 3. The van der Waals surface area contributed by atoms with E-state index in [0.717, 1.165) is 42.3 Å². The highest BCUT2D eigenvalue weighted by Crippen LogP contribution is 2.47. The monoisotopic (exact) mass is 469 g/mol. The highest BCUT2D eigenvalue weighted by Gasteiger charge is 2.50. The lowest BCUT2D eigenvalue weighted by molar-refractivity contribution is -0.110. The van der Waals surface area contributed by atoms with Crippen molar-refractivity contribution in [3.8, 4) is 11.3 Å². The van der Waals surface area contributed by atoms with E-state index in [-0.39, 0.29) is 23.7 Å². The summed E-state index contributed by atoms with van der Waals surface area (Å²) < 4.78 is 15.4. The van der Waals surface area contributed by atoms with Crippen molar-refractivity contribution in [1.82, 2.24) is 14.3 Å². The summed E-state index contributed by atoms with van der Waals surface area (Å²) in [6.45, 7) is 0.471. The molecule has 3 heterocycles. The van der Waals surface area contributed by atoms with E-state index in [0.29, 0.717) is 24.5 Å². The minimum Gasteiger partial charge on any atom is -0.385 e. The number of hydrogen-bond acceptors (Lipinski definition) is 3. The lowest BCUT2D eigenvalue weighted by Crippen LogP contribution is -2.59. The Morgan fingerprint density at radius 3 is 2.51 bits per heavy atom. The number of aliphatic hydroxyl groups is 1. The SMILES string of the molecule is O=C(c1nc(-c2ccc(F)cc2)c2ccccn12)N1CCC(O)(c2ccccc2)[C@@H]2CCCC[C@@H]21. The number of benzene rings is 2. The molecule has 2 aromatic heterocycles. The number of amides is 1. The Morgan fingerprint density at radius 1 is 0.971 bits per heavy atom. The van der Waals surface area contributed by atoms with Crippen molar-refractivity contribution < 1.29 is 14.3 Å². The summed E-state index contributed by atoms with van der Waals surface area (Å²) in [5.74, 6) is -0.0868. The minimum atomic E-state index is -0.933.